The molecule has 2 aromatic heterocycles. The van der Waals surface area contributed by atoms with Gasteiger partial charge in [0.05, 0.1) is 29.0 Å². The van der Waals surface area contributed by atoms with Crippen molar-refractivity contribution in [2.75, 3.05) is 11.9 Å². The highest BCUT2D eigenvalue weighted by Gasteiger charge is 2.29. The number of rotatable bonds is 7. The summed E-state index contributed by atoms with van der Waals surface area (Å²) in [7, 11) is 0. The third-order valence-corrected chi connectivity index (χ3v) is 5.58. The predicted octanol–water partition coefficient (Wildman–Crippen LogP) is 4.16. The van der Waals surface area contributed by atoms with Crippen molar-refractivity contribution in [3.8, 4) is 0 Å². The first-order valence-electron chi connectivity index (χ1n) is 9.10. The Hall–Kier alpha value is -2.39. The van der Waals surface area contributed by atoms with Crippen LogP contribution in [-0.2, 0) is 14.3 Å². The zero-order valence-electron chi connectivity index (χ0n) is 17.2. The summed E-state index contributed by atoms with van der Waals surface area (Å²) in [5.74, 6) is -1.60. The Labute approximate surface area is 178 Å². The fraction of sp³-hybridized carbons (Fsp3) is 0.474. The van der Waals surface area contributed by atoms with Crippen molar-refractivity contribution in [3.63, 3.8) is 0 Å². The minimum Gasteiger partial charge on any atom is -0.462 e. The molecule has 0 fully saturated rings. The summed E-state index contributed by atoms with van der Waals surface area (Å²) in [6, 6.07) is -0.691. The number of carbonyl (C=O) groups excluding carboxylic acids is 3. The molecule has 0 aliphatic rings. The van der Waals surface area contributed by atoms with Crippen molar-refractivity contribution < 1.29 is 23.9 Å². The van der Waals surface area contributed by atoms with Crippen molar-refractivity contribution in [2.24, 2.45) is 0 Å². The van der Waals surface area contributed by atoms with E-state index in [-0.39, 0.29) is 28.2 Å². The molecule has 0 aliphatic carbocycles. The van der Waals surface area contributed by atoms with Gasteiger partial charge in [-0.1, -0.05) is 11.6 Å². The molecule has 0 aromatic carbocycles. The van der Waals surface area contributed by atoms with Gasteiger partial charge < -0.3 is 14.8 Å². The number of carbonyl (C=O) groups is 3. The van der Waals surface area contributed by atoms with Crippen LogP contribution in [0.15, 0.2) is 6.20 Å². The van der Waals surface area contributed by atoms with Crippen LogP contribution in [0.25, 0.3) is 0 Å². The van der Waals surface area contributed by atoms with Gasteiger partial charge in [0, 0.05) is 6.20 Å². The molecule has 0 saturated heterocycles. The van der Waals surface area contributed by atoms with E-state index in [1.165, 1.54) is 4.68 Å². The number of nitrogens with zero attached hydrogens (tertiary/aromatic N) is 2. The number of nitrogens with one attached hydrogen (secondary N) is 1. The summed E-state index contributed by atoms with van der Waals surface area (Å²) in [5.41, 5.74) is 1.14. The van der Waals surface area contributed by atoms with Gasteiger partial charge in [0.15, 0.2) is 0 Å². The second kappa shape index (κ2) is 9.41. The Morgan fingerprint density at radius 2 is 1.90 bits per heavy atom. The van der Waals surface area contributed by atoms with E-state index >= 15 is 0 Å². The van der Waals surface area contributed by atoms with Crippen LogP contribution in [0.1, 0.15) is 65.0 Å². The minimum atomic E-state index is -0.691. The molecule has 1 atom stereocenters. The maximum atomic E-state index is 12.8. The Balaban J connectivity index is 2.38. The number of aromatic nitrogens is 2. The predicted molar refractivity (Wildman–Crippen MR) is 111 cm³/mol. The first-order valence-corrected chi connectivity index (χ1v) is 10.3. The van der Waals surface area contributed by atoms with Crippen molar-refractivity contribution in [3.05, 3.63) is 32.9 Å². The quantitative estimate of drug-likeness (QED) is 0.647. The third kappa shape index (κ3) is 5.16. The van der Waals surface area contributed by atoms with Crippen LogP contribution in [0.4, 0.5) is 5.00 Å². The Bertz CT molecular complexity index is 915. The largest absolute Gasteiger partial charge is 0.462 e. The van der Waals surface area contributed by atoms with E-state index in [1.807, 2.05) is 0 Å². The fourth-order valence-electron chi connectivity index (χ4n) is 2.51. The van der Waals surface area contributed by atoms with E-state index in [0.29, 0.717) is 16.3 Å². The summed E-state index contributed by atoms with van der Waals surface area (Å²) >= 11 is 6.99. The fourth-order valence-corrected chi connectivity index (χ4v) is 3.74. The van der Waals surface area contributed by atoms with Crippen LogP contribution in [0, 0.1) is 13.8 Å². The van der Waals surface area contributed by atoms with Gasteiger partial charge in [0.1, 0.15) is 15.9 Å². The highest BCUT2D eigenvalue weighted by atomic mass is 35.5. The molecule has 0 aliphatic heterocycles. The Morgan fingerprint density at radius 3 is 2.41 bits per heavy atom. The molecular formula is C19H24ClN3O5S. The molecule has 0 spiro atoms. The summed E-state index contributed by atoms with van der Waals surface area (Å²) in [6.45, 7) is 10.3. The molecular weight excluding hydrogens is 418 g/mol. The zero-order chi connectivity index (χ0) is 21.9. The lowest BCUT2D eigenvalue weighted by atomic mass is 10.1. The molecule has 8 nitrogen and oxygen atoms in total. The summed E-state index contributed by atoms with van der Waals surface area (Å²) in [6.07, 6.45) is 1.20. The number of ether oxygens (including phenoxy) is 2. The molecule has 1 amide bonds. The lowest BCUT2D eigenvalue weighted by molar-refractivity contribution is -0.119. The molecule has 0 bridgehead atoms. The van der Waals surface area contributed by atoms with Gasteiger partial charge in [-0.25, -0.2) is 9.59 Å². The van der Waals surface area contributed by atoms with Gasteiger partial charge in [-0.3, -0.25) is 9.48 Å². The van der Waals surface area contributed by atoms with Crippen LogP contribution in [0.3, 0.4) is 0 Å². The smallest absolute Gasteiger partial charge is 0.348 e. The normalized spacial score (nSPS) is 12.0. The van der Waals surface area contributed by atoms with E-state index in [1.54, 1.807) is 47.7 Å². The lowest BCUT2D eigenvalue weighted by Crippen LogP contribution is -2.25. The van der Waals surface area contributed by atoms with Gasteiger partial charge >= 0.3 is 11.9 Å². The second-order valence-corrected chi connectivity index (χ2v) is 8.07. The Morgan fingerprint density at radius 1 is 1.24 bits per heavy atom. The molecule has 10 heteroatoms. The molecule has 1 unspecified atom stereocenters. The van der Waals surface area contributed by atoms with Gasteiger partial charge in [0.25, 0.3) is 0 Å². The van der Waals surface area contributed by atoms with Gasteiger partial charge in [0.2, 0.25) is 5.91 Å². The van der Waals surface area contributed by atoms with E-state index in [4.69, 9.17) is 21.1 Å². The van der Waals surface area contributed by atoms with Crippen LogP contribution in [0.5, 0.6) is 0 Å². The highest BCUT2D eigenvalue weighted by Crippen LogP contribution is 2.35. The number of halogens is 1. The van der Waals surface area contributed by atoms with Crippen molar-refractivity contribution in [2.45, 2.75) is 53.7 Å². The minimum absolute atomic E-state index is 0.141. The number of anilines is 1. The summed E-state index contributed by atoms with van der Waals surface area (Å²) in [4.78, 5) is 37.9. The van der Waals surface area contributed by atoms with E-state index in [0.717, 1.165) is 11.3 Å². The molecule has 158 valence electrons. The second-order valence-electron chi connectivity index (χ2n) is 6.64. The summed E-state index contributed by atoms with van der Waals surface area (Å²) in [5, 5.41) is 7.60. The number of esters is 2. The standard InChI is InChI=1S/C19H24ClN3O5S/c1-7-27-19(26)15-10(4)14(18(25)28-9(2)3)17(29-15)21-16(24)12(6)23-8-13(20)11(5)22-23/h8-9,12H,7H2,1-6H3,(H,21,24). The van der Waals surface area contributed by atoms with Crippen LogP contribution in [-0.4, -0.2) is 40.3 Å². The molecule has 2 rings (SSSR count). The molecule has 0 saturated carbocycles. The molecule has 2 aromatic rings. The van der Waals surface area contributed by atoms with E-state index in [2.05, 4.69) is 10.4 Å². The Kier molecular flexibility index (Phi) is 7.43. The zero-order valence-corrected chi connectivity index (χ0v) is 18.7. The maximum absolute atomic E-state index is 12.8. The van der Waals surface area contributed by atoms with Crippen molar-refractivity contribution in [1.82, 2.24) is 9.78 Å². The van der Waals surface area contributed by atoms with Gasteiger partial charge in [-0.15, -0.1) is 11.3 Å². The van der Waals surface area contributed by atoms with E-state index < -0.39 is 23.9 Å². The van der Waals surface area contributed by atoms with Crippen LogP contribution >= 0.6 is 22.9 Å². The van der Waals surface area contributed by atoms with Gasteiger partial charge in [-0.05, 0) is 47.1 Å². The first kappa shape index (κ1) is 22.9. The first-order chi connectivity index (χ1) is 13.6. The molecule has 29 heavy (non-hydrogen) atoms. The molecule has 0 radical (unpaired) electrons. The highest BCUT2D eigenvalue weighted by molar-refractivity contribution is 7.18. The van der Waals surface area contributed by atoms with Crippen LogP contribution < -0.4 is 5.32 Å². The average molecular weight is 442 g/mol. The van der Waals surface area contributed by atoms with E-state index in [9.17, 15) is 14.4 Å². The number of hydrogen-bond donors (Lipinski definition) is 1. The number of hydrogen-bond acceptors (Lipinski definition) is 7. The lowest BCUT2D eigenvalue weighted by Gasteiger charge is -2.13. The SMILES string of the molecule is CCOC(=O)c1sc(NC(=O)C(C)n2cc(Cl)c(C)n2)c(C(=O)OC(C)C)c1C. The molecule has 2 heterocycles. The van der Waals surface area contributed by atoms with Crippen molar-refractivity contribution >= 4 is 45.8 Å². The topological polar surface area (TPSA) is 99.5 Å². The maximum Gasteiger partial charge on any atom is 0.348 e. The third-order valence-electron chi connectivity index (χ3n) is 4.02. The number of aryl methyl sites for hydroxylation is 1. The van der Waals surface area contributed by atoms with Gasteiger partial charge in [-0.2, -0.15) is 5.10 Å². The molecule has 1 N–H and O–H groups in total. The summed E-state index contributed by atoms with van der Waals surface area (Å²) < 4.78 is 11.8. The van der Waals surface area contributed by atoms with Crippen LogP contribution in [0.2, 0.25) is 5.02 Å². The number of thiophene rings is 1. The van der Waals surface area contributed by atoms with Crippen molar-refractivity contribution in [1.29, 1.82) is 0 Å². The monoisotopic (exact) mass is 441 g/mol. The number of amides is 1. The average Bonchev–Trinajstić information content (AvgIpc) is 3.13.